The van der Waals surface area contributed by atoms with Gasteiger partial charge < -0.3 is 15.4 Å². The Morgan fingerprint density at radius 2 is 1.64 bits per heavy atom. The van der Waals surface area contributed by atoms with E-state index >= 15 is 0 Å². The second-order valence-corrected chi connectivity index (χ2v) is 6.17. The highest BCUT2D eigenvalue weighted by Gasteiger charge is 2.26. The van der Waals surface area contributed by atoms with E-state index in [-0.39, 0.29) is 6.09 Å². The van der Waals surface area contributed by atoms with Crippen LogP contribution in [0.5, 0.6) is 0 Å². The summed E-state index contributed by atoms with van der Waals surface area (Å²) >= 11 is 0. The molecule has 0 spiro atoms. The Hall–Kier alpha value is -0.770. The zero-order chi connectivity index (χ0) is 16.8. The normalized spacial score (nSPS) is 15.1. The van der Waals surface area contributed by atoms with Crippen LogP contribution in [0.2, 0.25) is 0 Å². The Morgan fingerprint density at radius 1 is 1.00 bits per heavy atom. The van der Waals surface area contributed by atoms with Gasteiger partial charge in [0, 0.05) is 18.5 Å². The van der Waals surface area contributed by atoms with Crippen LogP contribution in [-0.4, -0.2) is 32.3 Å². The predicted octanol–water partition coefficient (Wildman–Crippen LogP) is 4.34. The second kappa shape index (κ2) is 13.9. The third kappa shape index (κ3) is 8.62. The molecule has 0 fully saturated rings. The van der Waals surface area contributed by atoms with Gasteiger partial charge in [0.1, 0.15) is 0 Å². The van der Waals surface area contributed by atoms with Crippen LogP contribution in [0.25, 0.3) is 0 Å². The number of hydrogen-bond acceptors (Lipinski definition) is 3. The van der Waals surface area contributed by atoms with Gasteiger partial charge in [0.25, 0.3) is 0 Å². The van der Waals surface area contributed by atoms with Gasteiger partial charge in [-0.25, -0.2) is 4.79 Å². The molecule has 0 heterocycles. The van der Waals surface area contributed by atoms with Crippen molar-refractivity contribution < 1.29 is 9.53 Å². The SMILES string of the molecule is CCCCNC(=O)OCC(CC)C(NC)C(CC)CCCC. The quantitative estimate of drug-likeness (QED) is 0.497. The van der Waals surface area contributed by atoms with Gasteiger partial charge in [-0.2, -0.15) is 0 Å². The lowest BCUT2D eigenvalue weighted by atomic mass is 9.82. The van der Waals surface area contributed by atoms with Gasteiger partial charge in [0.15, 0.2) is 0 Å². The summed E-state index contributed by atoms with van der Waals surface area (Å²) in [5, 5.41) is 6.29. The van der Waals surface area contributed by atoms with Crippen LogP contribution in [-0.2, 0) is 4.74 Å². The van der Waals surface area contributed by atoms with Gasteiger partial charge in [-0.1, -0.05) is 53.4 Å². The Labute approximate surface area is 137 Å². The van der Waals surface area contributed by atoms with Gasteiger partial charge in [-0.3, -0.25) is 0 Å². The highest BCUT2D eigenvalue weighted by molar-refractivity contribution is 5.67. The molecule has 0 radical (unpaired) electrons. The first-order chi connectivity index (χ1) is 10.6. The molecule has 0 saturated heterocycles. The van der Waals surface area contributed by atoms with Crippen LogP contribution in [0.15, 0.2) is 0 Å². The smallest absolute Gasteiger partial charge is 0.407 e. The number of rotatable bonds is 13. The van der Waals surface area contributed by atoms with E-state index in [9.17, 15) is 4.79 Å². The molecule has 0 aromatic carbocycles. The van der Waals surface area contributed by atoms with E-state index < -0.39 is 0 Å². The number of ether oxygens (including phenoxy) is 1. The molecule has 0 saturated carbocycles. The molecule has 2 N–H and O–H groups in total. The maximum absolute atomic E-state index is 11.7. The van der Waals surface area contributed by atoms with E-state index in [1.54, 1.807) is 0 Å². The van der Waals surface area contributed by atoms with Crippen molar-refractivity contribution in [2.45, 2.75) is 78.7 Å². The molecular formula is C18H38N2O2. The maximum atomic E-state index is 11.7. The number of alkyl carbamates (subject to hydrolysis) is 1. The summed E-state index contributed by atoms with van der Waals surface area (Å²) in [6.45, 7) is 9.99. The topological polar surface area (TPSA) is 50.4 Å². The molecule has 3 atom stereocenters. The molecule has 1 amide bonds. The first-order valence-corrected chi connectivity index (χ1v) is 9.22. The van der Waals surface area contributed by atoms with Gasteiger partial charge in [-0.05, 0) is 32.2 Å². The summed E-state index contributed by atoms with van der Waals surface area (Å²) in [5.41, 5.74) is 0. The average molecular weight is 315 g/mol. The van der Waals surface area contributed by atoms with Gasteiger partial charge in [-0.15, -0.1) is 0 Å². The number of unbranched alkanes of at least 4 members (excludes halogenated alkanes) is 2. The van der Waals surface area contributed by atoms with E-state index in [0.717, 1.165) is 19.3 Å². The second-order valence-electron chi connectivity index (χ2n) is 6.17. The maximum Gasteiger partial charge on any atom is 0.407 e. The van der Waals surface area contributed by atoms with Crippen molar-refractivity contribution in [1.82, 2.24) is 10.6 Å². The van der Waals surface area contributed by atoms with Crippen molar-refractivity contribution in [3.63, 3.8) is 0 Å². The first-order valence-electron chi connectivity index (χ1n) is 9.22. The van der Waals surface area contributed by atoms with Crippen molar-refractivity contribution in [1.29, 1.82) is 0 Å². The predicted molar refractivity (Wildman–Crippen MR) is 94.2 cm³/mol. The van der Waals surface area contributed by atoms with Gasteiger partial charge in [0.2, 0.25) is 0 Å². The fourth-order valence-corrected chi connectivity index (χ4v) is 3.04. The highest BCUT2D eigenvalue weighted by atomic mass is 16.5. The lowest BCUT2D eigenvalue weighted by Crippen LogP contribution is -2.42. The van der Waals surface area contributed by atoms with Crippen LogP contribution < -0.4 is 10.6 Å². The zero-order valence-corrected chi connectivity index (χ0v) is 15.4. The van der Waals surface area contributed by atoms with E-state index in [0.29, 0.717) is 31.0 Å². The Bertz CT molecular complexity index is 272. The highest BCUT2D eigenvalue weighted by Crippen LogP contribution is 2.24. The largest absolute Gasteiger partial charge is 0.449 e. The number of amides is 1. The van der Waals surface area contributed by atoms with Crippen molar-refractivity contribution in [3.8, 4) is 0 Å². The molecular weight excluding hydrogens is 276 g/mol. The molecule has 4 nitrogen and oxygen atoms in total. The minimum Gasteiger partial charge on any atom is -0.449 e. The van der Waals surface area contributed by atoms with E-state index in [1.165, 1.54) is 25.7 Å². The van der Waals surface area contributed by atoms with Crippen LogP contribution in [0.1, 0.15) is 72.6 Å². The Balaban J connectivity index is 4.39. The molecule has 0 bridgehead atoms. The lowest BCUT2D eigenvalue weighted by molar-refractivity contribution is 0.102. The Morgan fingerprint density at radius 3 is 2.14 bits per heavy atom. The number of nitrogens with one attached hydrogen (secondary N) is 2. The lowest BCUT2D eigenvalue weighted by Gasteiger charge is -2.32. The molecule has 22 heavy (non-hydrogen) atoms. The first kappa shape index (κ1) is 21.2. The molecule has 3 unspecified atom stereocenters. The monoisotopic (exact) mass is 314 g/mol. The van der Waals surface area contributed by atoms with Gasteiger partial charge >= 0.3 is 6.09 Å². The minimum atomic E-state index is -0.275. The van der Waals surface area contributed by atoms with Crippen molar-refractivity contribution in [2.24, 2.45) is 11.8 Å². The van der Waals surface area contributed by atoms with Crippen LogP contribution >= 0.6 is 0 Å². The molecule has 132 valence electrons. The summed E-state index contributed by atoms with van der Waals surface area (Å²) in [4.78, 5) is 11.7. The summed E-state index contributed by atoms with van der Waals surface area (Å²) in [6.07, 6.45) is 7.75. The molecule has 0 aliphatic heterocycles. The van der Waals surface area contributed by atoms with E-state index in [4.69, 9.17) is 4.74 Å². The summed E-state index contributed by atoms with van der Waals surface area (Å²) < 4.78 is 5.43. The third-order valence-electron chi connectivity index (χ3n) is 4.55. The zero-order valence-electron chi connectivity index (χ0n) is 15.4. The molecule has 0 aromatic rings. The Kier molecular flexibility index (Phi) is 13.4. The minimum absolute atomic E-state index is 0.275. The van der Waals surface area contributed by atoms with Crippen LogP contribution in [0, 0.1) is 11.8 Å². The summed E-state index contributed by atoms with van der Waals surface area (Å²) in [5.74, 6) is 1.03. The van der Waals surface area contributed by atoms with Crippen molar-refractivity contribution in [2.75, 3.05) is 20.2 Å². The average Bonchev–Trinajstić information content (AvgIpc) is 2.53. The number of carbonyl (C=O) groups excluding carboxylic acids is 1. The standard InChI is InChI=1S/C18H38N2O2/c1-6-10-12-15(8-3)17(19-5)16(9-4)14-22-18(21)20-13-11-7-2/h15-17,19H,6-14H2,1-5H3,(H,20,21). The molecule has 0 aliphatic carbocycles. The fraction of sp³-hybridized carbons (Fsp3) is 0.944. The molecule has 0 rings (SSSR count). The van der Waals surface area contributed by atoms with Crippen LogP contribution in [0.4, 0.5) is 4.79 Å². The van der Waals surface area contributed by atoms with Crippen molar-refractivity contribution >= 4 is 6.09 Å². The number of hydrogen-bond donors (Lipinski definition) is 2. The molecule has 0 aromatic heterocycles. The molecule has 0 aliphatic rings. The summed E-state index contributed by atoms with van der Waals surface area (Å²) in [7, 11) is 2.03. The van der Waals surface area contributed by atoms with Crippen molar-refractivity contribution in [3.05, 3.63) is 0 Å². The summed E-state index contributed by atoms with van der Waals surface area (Å²) in [6, 6.07) is 0.421. The number of carbonyl (C=O) groups is 1. The fourth-order valence-electron chi connectivity index (χ4n) is 3.04. The van der Waals surface area contributed by atoms with Crippen LogP contribution in [0.3, 0.4) is 0 Å². The van der Waals surface area contributed by atoms with E-state index in [1.807, 2.05) is 7.05 Å². The molecule has 4 heteroatoms. The van der Waals surface area contributed by atoms with E-state index in [2.05, 4.69) is 38.3 Å². The third-order valence-corrected chi connectivity index (χ3v) is 4.55. The van der Waals surface area contributed by atoms with Gasteiger partial charge in [0.05, 0.1) is 6.61 Å².